The Morgan fingerprint density at radius 2 is 1.81 bits per heavy atom. The molecule has 0 spiro atoms. The molecular weight excluding hydrogens is 724 g/mol. The predicted octanol–water partition coefficient (Wildman–Crippen LogP) is 2.39. The van der Waals surface area contributed by atoms with Crippen LogP contribution >= 0.6 is 11.8 Å². The molecule has 1 aromatic heterocycles. The number of aliphatic carboxylic acids is 1. The Morgan fingerprint density at radius 1 is 1.11 bits per heavy atom. The fraction of sp³-hybridized carbons (Fsp3) is 0.486. The van der Waals surface area contributed by atoms with Crippen LogP contribution < -0.4 is 31.4 Å². The fourth-order valence-corrected chi connectivity index (χ4v) is 9.80. The Bertz CT molecular complexity index is 2080. The standard InChI is InChI=1S/C21H24FN3O4.C16H19N3O5S/c1-29-20-17-13(19(26)14(21(27)28)9-25(17)12-4-5-12)7-15(22)18(20)24-8-11-3-2-6-23-16(11)10-24;1-16(2)11(15(23)24)19-13(22)10(14(19)25-16)18-12(21)9(17)7-3-5-8(20)6-4-7/h7,9,11-12,16,23H,2-6,8,10H2,1H3,(H,27,28);3-6,9-11,14,20H,17H2,1-2H3,(H,18,21)(H,23,24)/t11-,16+;9-,10-,11+,14-/m01/s1. The average Bonchev–Trinajstić information content (AvgIpc) is 3.83. The number of aromatic nitrogens is 1. The van der Waals surface area contributed by atoms with Gasteiger partial charge in [0.15, 0.2) is 11.6 Å². The summed E-state index contributed by atoms with van der Waals surface area (Å²) in [5.74, 6) is -3.01. The highest BCUT2D eigenvalue weighted by atomic mass is 32.2. The number of piperidine rings is 1. The highest BCUT2D eigenvalue weighted by Gasteiger charge is 2.64. The van der Waals surface area contributed by atoms with Crippen LogP contribution in [0.15, 0.2) is 41.3 Å². The van der Waals surface area contributed by atoms with Crippen LogP contribution in [0.3, 0.4) is 0 Å². The van der Waals surface area contributed by atoms with Crippen molar-refractivity contribution in [3.8, 4) is 11.5 Å². The first-order valence-corrected chi connectivity index (χ1v) is 18.8. The molecule has 4 saturated heterocycles. The molecule has 3 aromatic rings. The third-order valence-corrected chi connectivity index (χ3v) is 12.6. The summed E-state index contributed by atoms with van der Waals surface area (Å²) in [5, 5.41) is 33.9. The number of rotatable bonds is 8. The van der Waals surface area contributed by atoms with Crippen LogP contribution in [-0.2, 0) is 14.4 Å². The molecule has 17 heteroatoms. The lowest BCUT2D eigenvalue weighted by molar-refractivity contribution is -0.161. The third-order valence-electron chi connectivity index (χ3n) is 11.0. The Kier molecular flexibility index (Phi) is 9.77. The minimum atomic E-state index is -1.30. The Hall–Kier alpha value is -4.87. The number of anilines is 1. The van der Waals surface area contributed by atoms with E-state index in [-0.39, 0.29) is 22.7 Å². The predicted molar refractivity (Wildman–Crippen MR) is 197 cm³/mol. The van der Waals surface area contributed by atoms with E-state index in [0.29, 0.717) is 41.0 Å². The summed E-state index contributed by atoms with van der Waals surface area (Å²) in [6.45, 7) is 5.93. The number of aromatic carboxylic acids is 1. The van der Waals surface area contributed by atoms with Gasteiger partial charge in [0.1, 0.15) is 40.5 Å². The molecule has 0 unspecified atom stereocenters. The number of hydrogen-bond donors (Lipinski definition) is 6. The summed E-state index contributed by atoms with van der Waals surface area (Å²) in [6.07, 6.45) is 5.40. The summed E-state index contributed by atoms with van der Waals surface area (Å²) in [5.41, 5.74) is 6.25. The van der Waals surface area contributed by atoms with E-state index in [0.717, 1.165) is 38.8 Å². The molecule has 0 bridgehead atoms. The van der Waals surface area contributed by atoms with Crippen molar-refractivity contribution in [3.05, 3.63) is 63.7 Å². The number of carbonyl (C=O) groups excluding carboxylic acids is 2. The lowest BCUT2D eigenvalue weighted by Gasteiger charge is -2.43. The number of aromatic hydroxyl groups is 1. The summed E-state index contributed by atoms with van der Waals surface area (Å²) in [6, 6.07) is 4.82. The van der Waals surface area contributed by atoms with Gasteiger partial charge in [0, 0.05) is 36.1 Å². The van der Waals surface area contributed by atoms with E-state index in [1.54, 1.807) is 18.4 Å². The quantitative estimate of drug-likeness (QED) is 0.182. The van der Waals surface area contributed by atoms with E-state index in [1.807, 2.05) is 4.90 Å². The molecule has 5 heterocycles. The van der Waals surface area contributed by atoms with E-state index in [9.17, 15) is 39.3 Å². The van der Waals surface area contributed by atoms with Crippen molar-refractivity contribution in [2.75, 3.05) is 31.6 Å². The molecule has 0 radical (unpaired) electrons. The average molecular weight is 767 g/mol. The topological polar surface area (TPSA) is 217 Å². The number of amides is 2. The van der Waals surface area contributed by atoms with Crippen LogP contribution in [0.25, 0.3) is 10.9 Å². The molecule has 8 rings (SSSR count). The van der Waals surface area contributed by atoms with Crippen molar-refractivity contribution in [1.82, 2.24) is 20.1 Å². The minimum absolute atomic E-state index is 0.0599. The van der Waals surface area contributed by atoms with Gasteiger partial charge >= 0.3 is 11.9 Å². The van der Waals surface area contributed by atoms with E-state index in [1.165, 1.54) is 60.3 Å². The van der Waals surface area contributed by atoms with E-state index >= 15 is 4.39 Å². The summed E-state index contributed by atoms with van der Waals surface area (Å²) < 4.78 is 22.1. The Morgan fingerprint density at radius 3 is 2.43 bits per heavy atom. The number of benzene rings is 2. The SMILES string of the molecule is CC1(C)S[C@@H]2[C@H](NC(=O)[C@H](N)c3ccc(O)cc3)C(=O)N2[C@H]1C(=O)O.COc1c(N2C[C@@H]3CCCN[C@@H]3C2)c(F)cc2c(=O)c(C(=O)O)cn(C3CC3)c12. The third kappa shape index (κ3) is 6.51. The smallest absolute Gasteiger partial charge is 0.341 e. The van der Waals surface area contributed by atoms with Crippen molar-refractivity contribution < 1.29 is 43.6 Å². The van der Waals surface area contributed by atoms with Gasteiger partial charge in [0.25, 0.3) is 0 Å². The monoisotopic (exact) mass is 766 g/mol. The zero-order valence-electron chi connectivity index (χ0n) is 30.0. The Labute approximate surface area is 313 Å². The van der Waals surface area contributed by atoms with Crippen LogP contribution in [0.1, 0.15) is 67.5 Å². The highest BCUT2D eigenvalue weighted by molar-refractivity contribution is 8.01. The van der Waals surface area contributed by atoms with Gasteiger partial charge in [-0.2, -0.15) is 0 Å². The van der Waals surface area contributed by atoms with Crippen LogP contribution in [-0.4, -0.2) is 104 Å². The van der Waals surface area contributed by atoms with Crippen molar-refractivity contribution in [1.29, 1.82) is 0 Å². The number of nitrogens with two attached hydrogens (primary N) is 1. The largest absolute Gasteiger partial charge is 0.508 e. The van der Waals surface area contributed by atoms with Crippen molar-refractivity contribution >= 4 is 52.1 Å². The van der Waals surface area contributed by atoms with Crippen molar-refractivity contribution in [2.24, 2.45) is 11.7 Å². The lowest BCUT2D eigenvalue weighted by Crippen LogP contribution is -2.71. The van der Waals surface area contributed by atoms with Gasteiger partial charge in [-0.25, -0.2) is 14.0 Å². The van der Waals surface area contributed by atoms with Gasteiger partial charge in [-0.1, -0.05) is 12.1 Å². The molecule has 54 heavy (non-hydrogen) atoms. The molecule has 1 saturated carbocycles. The molecule has 5 fully saturated rings. The van der Waals surface area contributed by atoms with E-state index < -0.39 is 63.2 Å². The van der Waals surface area contributed by atoms with Crippen molar-refractivity contribution in [2.45, 2.75) is 79.9 Å². The highest BCUT2D eigenvalue weighted by Crippen LogP contribution is 2.51. The van der Waals surface area contributed by atoms with E-state index in [4.69, 9.17) is 10.5 Å². The van der Waals surface area contributed by atoms with Crippen LogP contribution in [0, 0.1) is 11.7 Å². The zero-order chi connectivity index (χ0) is 38.8. The number of carboxylic acid groups (broad SMARTS) is 2. The molecule has 15 nitrogen and oxygen atoms in total. The fourth-order valence-electron chi connectivity index (χ4n) is 8.17. The second-order valence-corrected chi connectivity index (χ2v) is 16.7. The van der Waals surface area contributed by atoms with Gasteiger partial charge in [0.05, 0.1) is 18.0 Å². The number of halogens is 1. The van der Waals surface area contributed by atoms with E-state index in [2.05, 4.69) is 10.6 Å². The first-order chi connectivity index (χ1) is 25.6. The number of methoxy groups -OCH3 is 1. The summed E-state index contributed by atoms with van der Waals surface area (Å²) in [7, 11) is 1.48. The molecule has 7 N–H and O–H groups in total. The first-order valence-electron chi connectivity index (χ1n) is 17.9. The number of pyridine rings is 1. The van der Waals surface area contributed by atoms with Gasteiger partial charge < -0.3 is 50.8 Å². The van der Waals surface area contributed by atoms with Crippen LogP contribution in [0.5, 0.6) is 11.5 Å². The number of ether oxygens (including phenoxy) is 1. The minimum Gasteiger partial charge on any atom is -0.508 e. The van der Waals surface area contributed by atoms with Crippen LogP contribution in [0.4, 0.5) is 10.1 Å². The number of thioether (sulfide) groups is 1. The number of phenols is 1. The molecular formula is C37H43FN6O9S. The number of carboxylic acids is 2. The second-order valence-electron chi connectivity index (χ2n) is 15.0. The van der Waals surface area contributed by atoms with Gasteiger partial charge in [-0.15, -0.1) is 11.8 Å². The number of phenolic OH excluding ortho intramolecular Hbond substituents is 1. The number of carbonyl (C=O) groups is 4. The lowest BCUT2D eigenvalue weighted by atomic mass is 9.94. The maximum Gasteiger partial charge on any atom is 0.341 e. The maximum atomic E-state index is 15.3. The maximum absolute atomic E-state index is 15.3. The molecule has 288 valence electrons. The molecule has 1 aliphatic carbocycles. The molecule has 2 amide bonds. The first kappa shape index (κ1) is 37.4. The molecule has 5 aliphatic rings. The van der Waals surface area contributed by atoms with Gasteiger partial charge in [0.2, 0.25) is 17.2 Å². The number of hydrogen-bond acceptors (Lipinski definition) is 11. The number of nitrogens with zero attached hydrogens (tertiary/aromatic N) is 3. The van der Waals surface area contributed by atoms with Gasteiger partial charge in [-0.05, 0) is 75.8 Å². The molecule has 4 aliphatic heterocycles. The number of nitrogens with one attached hydrogen (secondary N) is 2. The summed E-state index contributed by atoms with van der Waals surface area (Å²) in [4.78, 5) is 63.8. The van der Waals surface area contributed by atoms with Gasteiger partial charge in [-0.3, -0.25) is 14.4 Å². The summed E-state index contributed by atoms with van der Waals surface area (Å²) >= 11 is 1.35. The van der Waals surface area contributed by atoms with Crippen LogP contribution in [0.2, 0.25) is 0 Å². The van der Waals surface area contributed by atoms with Crippen molar-refractivity contribution in [3.63, 3.8) is 0 Å². The molecule has 6 atom stereocenters. The number of β-lactam (4-membered cyclic amide) rings is 1. The molecule has 2 aromatic carbocycles. The normalized spacial score (nSPS) is 25.9. The number of fused-ring (bicyclic) bond motifs is 3. The second kappa shape index (κ2) is 14.1. The zero-order valence-corrected chi connectivity index (χ0v) is 30.8. The Balaban J connectivity index is 0.000000169.